The third-order valence-electron chi connectivity index (χ3n) is 2.27. The zero-order valence-electron chi connectivity index (χ0n) is 9.32. The summed E-state index contributed by atoms with van der Waals surface area (Å²) >= 11 is 11.4. The molecule has 0 spiro atoms. The fourth-order valence-corrected chi connectivity index (χ4v) is 2.41. The minimum atomic E-state index is -1.06. The van der Waals surface area contributed by atoms with Crippen LogP contribution in [-0.4, -0.2) is 16.1 Å². The number of aromatic carboxylic acids is 1. The van der Waals surface area contributed by atoms with E-state index in [0.29, 0.717) is 0 Å². The number of anilines is 2. The van der Waals surface area contributed by atoms with E-state index in [9.17, 15) is 4.79 Å². The first kappa shape index (κ1) is 14.5. The molecular weight excluding hydrogens is 446 g/mol. The van der Waals surface area contributed by atoms with E-state index in [0.717, 1.165) is 13.7 Å². The van der Waals surface area contributed by atoms with Gasteiger partial charge in [-0.05, 0) is 68.9 Å². The van der Waals surface area contributed by atoms with Crippen LogP contribution in [0.15, 0.2) is 34.8 Å². The molecule has 0 fully saturated rings. The lowest BCUT2D eigenvalue weighted by Gasteiger charge is -2.11. The number of aromatic nitrogens is 1. The highest BCUT2D eigenvalue weighted by Crippen LogP contribution is 2.29. The summed E-state index contributed by atoms with van der Waals surface area (Å²) in [6.45, 7) is 0. The first-order valence-corrected chi connectivity index (χ1v) is 7.34. The lowest BCUT2D eigenvalue weighted by atomic mass is 10.2. The van der Waals surface area contributed by atoms with Crippen molar-refractivity contribution < 1.29 is 9.90 Å². The molecular formula is C12H7BrClIN2O2. The summed E-state index contributed by atoms with van der Waals surface area (Å²) in [5, 5.41) is 12.3. The Kier molecular flexibility index (Phi) is 4.64. The van der Waals surface area contributed by atoms with Gasteiger partial charge in [0.1, 0.15) is 16.5 Å². The molecule has 0 saturated carbocycles. The normalized spacial score (nSPS) is 10.3. The van der Waals surface area contributed by atoms with Crippen molar-refractivity contribution in [3.8, 4) is 0 Å². The van der Waals surface area contributed by atoms with E-state index >= 15 is 0 Å². The van der Waals surface area contributed by atoms with Crippen LogP contribution in [0, 0.1) is 3.57 Å². The molecule has 2 N–H and O–H groups in total. The lowest BCUT2D eigenvalue weighted by molar-refractivity contribution is 0.0697. The maximum absolute atomic E-state index is 11.1. The van der Waals surface area contributed by atoms with Gasteiger partial charge in [-0.15, -0.1) is 0 Å². The average molecular weight is 453 g/mol. The number of halogens is 3. The van der Waals surface area contributed by atoms with Gasteiger partial charge in [0.15, 0.2) is 0 Å². The summed E-state index contributed by atoms with van der Waals surface area (Å²) < 4.78 is 1.83. The van der Waals surface area contributed by atoms with E-state index in [-0.39, 0.29) is 16.5 Å². The number of nitrogens with zero attached hydrogens (tertiary/aromatic N) is 1. The first-order valence-electron chi connectivity index (χ1n) is 5.09. The van der Waals surface area contributed by atoms with Crippen LogP contribution >= 0.6 is 50.1 Å². The Balaban J connectivity index is 2.45. The van der Waals surface area contributed by atoms with Gasteiger partial charge in [-0.1, -0.05) is 11.6 Å². The van der Waals surface area contributed by atoms with Gasteiger partial charge in [0, 0.05) is 8.04 Å². The predicted molar refractivity (Wildman–Crippen MR) is 86.3 cm³/mol. The van der Waals surface area contributed by atoms with Crippen molar-refractivity contribution in [2.24, 2.45) is 0 Å². The van der Waals surface area contributed by atoms with Gasteiger partial charge in [-0.3, -0.25) is 0 Å². The third kappa shape index (κ3) is 3.58. The average Bonchev–Trinajstić information content (AvgIpc) is 2.33. The Labute approximate surface area is 136 Å². The van der Waals surface area contributed by atoms with E-state index in [1.807, 2.05) is 18.2 Å². The molecule has 98 valence electrons. The molecule has 0 aliphatic rings. The van der Waals surface area contributed by atoms with Crippen molar-refractivity contribution in [3.63, 3.8) is 0 Å². The van der Waals surface area contributed by atoms with Gasteiger partial charge >= 0.3 is 5.97 Å². The zero-order chi connectivity index (χ0) is 14.0. The number of carbonyl (C=O) groups is 1. The van der Waals surface area contributed by atoms with Gasteiger partial charge in [0.05, 0.1) is 5.69 Å². The molecule has 0 amide bonds. The summed E-state index contributed by atoms with van der Waals surface area (Å²) in [6.07, 6.45) is 0. The summed E-state index contributed by atoms with van der Waals surface area (Å²) in [5.41, 5.74) is 0.791. The fraction of sp³-hybridized carbons (Fsp3) is 0. The number of hydrogen-bond acceptors (Lipinski definition) is 3. The largest absolute Gasteiger partial charge is 0.478 e. The Morgan fingerprint density at radius 2 is 2.11 bits per heavy atom. The minimum absolute atomic E-state index is 0.0650. The summed E-state index contributed by atoms with van der Waals surface area (Å²) in [6, 6.07) is 8.54. The number of benzene rings is 1. The molecule has 0 aliphatic heterocycles. The van der Waals surface area contributed by atoms with Crippen LogP contribution in [-0.2, 0) is 0 Å². The molecule has 0 atom stereocenters. The summed E-state index contributed by atoms with van der Waals surface area (Å²) in [4.78, 5) is 15.1. The quantitative estimate of drug-likeness (QED) is 0.529. The van der Waals surface area contributed by atoms with Crippen LogP contribution in [0.4, 0.5) is 11.5 Å². The van der Waals surface area contributed by atoms with Crippen molar-refractivity contribution in [2.45, 2.75) is 0 Å². The summed E-state index contributed by atoms with van der Waals surface area (Å²) in [7, 11) is 0. The maximum atomic E-state index is 11.1. The van der Waals surface area contributed by atoms with Crippen LogP contribution in [0.2, 0.25) is 5.15 Å². The van der Waals surface area contributed by atoms with Gasteiger partial charge in [-0.2, -0.15) is 0 Å². The van der Waals surface area contributed by atoms with E-state index in [4.69, 9.17) is 16.7 Å². The number of hydrogen-bond donors (Lipinski definition) is 2. The van der Waals surface area contributed by atoms with Gasteiger partial charge < -0.3 is 10.4 Å². The number of carboxylic acid groups (broad SMARTS) is 1. The molecule has 0 saturated heterocycles. The first-order chi connectivity index (χ1) is 8.97. The van der Waals surface area contributed by atoms with Gasteiger partial charge in [-0.25, -0.2) is 9.78 Å². The van der Waals surface area contributed by atoms with Crippen molar-refractivity contribution >= 4 is 67.6 Å². The highest BCUT2D eigenvalue weighted by Gasteiger charge is 2.13. The van der Waals surface area contributed by atoms with Crippen molar-refractivity contribution in [2.75, 3.05) is 5.32 Å². The van der Waals surface area contributed by atoms with Crippen LogP contribution in [0.5, 0.6) is 0 Å². The van der Waals surface area contributed by atoms with E-state index < -0.39 is 5.97 Å². The van der Waals surface area contributed by atoms with Gasteiger partial charge in [0.2, 0.25) is 0 Å². The number of nitrogens with one attached hydrogen (secondary N) is 1. The third-order valence-corrected chi connectivity index (χ3v) is 3.85. The minimum Gasteiger partial charge on any atom is -0.478 e. The van der Waals surface area contributed by atoms with Crippen molar-refractivity contribution in [3.05, 3.63) is 49.1 Å². The fourth-order valence-electron chi connectivity index (χ4n) is 1.42. The van der Waals surface area contributed by atoms with Crippen LogP contribution < -0.4 is 5.32 Å². The molecule has 0 unspecified atom stereocenters. The molecule has 1 aromatic carbocycles. The molecule has 0 bridgehead atoms. The highest BCUT2D eigenvalue weighted by atomic mass is 127. The zero-order valence-corrected chi connectivity index (χ0v) is 13.8. The molecule has 19 heavy (non-hydrogen) atoms. The molecule has 0 radical (unpaired) electrons. The topological polar surface area (TPSA) is 62.2 Å². The molecule has 4 nitrogen and oxygen atoms in total. The Morgan fingerprint density at radius 3 is 2.79 bits per heavy atom. The Hall–Kier alpha value is -0.860. The lowest BCUT2D eigenvalue weighted by Crippen LogP contribution is -2.05. The second kappa shape index (κ2) is 6.06. The maximum Gasteiger partial charge on any atom is 0.339 e. The van der Waals surface area contributed by atoms with Crippen LogP contribution in [0.3, 0.4) is 0 Å². The Morgan fingerprint density at radius 1 is 1.37 bits per heavy atom. The number of carboxylic acids is 1. The highest BCUT2D eigenvalue weighted by molar-refractivity contribution is 14.1. The molecule has 1 heterocycles. The monoisotopic (exact) mass is 452 g/mol. The number of pyridine rings is 1. The molecule has 7 heteroatoms. The molecule has 2 rings (SSSR count). The van der Waals surface area contributed by atoms with Gasteiger partial charge in [0.25, 0.3) is 0 Å². The Bertz CT molecular complexity index is 652. The number of rotatable bonds is 3. The molecule has 2 aromatic rings. The molecule has 0 aliphatic carbocycles. The van der Waals surface area contributed by atoms with Crippen LogP contribution in [0.1, 0.15) is 10.4 Å². The predicted octanol–water partition coefficient (Wildman–Crippen LogP) is 4.54. The van der Waals surface area contributed by atoms with Crippen LogP contribution in [0.25, 0.3) is 0 Å². The second-order valence-electron chi connectivity index (χ2n) is 3.58. The van der Waals surface area contributed by atoms with Crippen molar-refractivity contribution in [1.82, 2.24) is 4.98 Å². The second-order valence-corrected chi connectivity index (χ2v) is 6.07. The van der Waals surface area contributed by atoms with Crippen molar-refractivity contribution in [1.29, 1.82) is 0 Å². The molecule has 1 aromatic heterocycles. The smallest absolute Gasteiger partial charge is 0.339 e. The van der Waals surface area contributed by atoms with E-state index in [1.165, 1.54) is 12.1 Å². The van der Waals surface area contributed by atoms with E-state index in [2.05, 4.69) is 48.8 Å². The SMILES string of the molecule is O=C(O)c1ccc(Cl)nc1Nc1cc(I)ccc1Br. The standard InChI is InChI=1S/C12H7BrClIN2O2/c13-8-3-1-6(15)5-9(8)16-11-7(12(18)19)2-4-10(14)17-11/h1-5H,(H,16,17)(H,18,19). The van der Waals surface area contributed by atoms with E-state index in [1.54, 1.807) is 0 Å². The summed E-state index contributed by atoms with van der Waals surface area (Å²) in [5.74, 6) is -0.851.